The van der Waals surface area contributed by atoms with Gasteiger partial charge in [0.1, 0.15) is 11.7 Å². The zero-order chi connectivity index (χ0) is 24.3. The molecule has 0 radical (unpaired) electrons. The molecule has 0 N–H and O–H groups in total. The zero-order valence-corrected chi connectivity index (χ0v) is 24.8. The SMILES string of the molecule is C=[N+]1C(C(C)=Nc2ccccc2)=C(C)C(C)=C(C)[C-]1C(C)=Nc1ccccc1.CC.CC.[CH3-].[CH3-].[Fe]. The van der Waals surface area contributed by atoms with E-state index in [0.29, 0.717) is 0 Å². The molecule has 0 amide bonds. The standard InChI is InChI=1S/C25H27N3.2C2H6.2CH3.Fe/c1-17-18(2)24(20(4)26-22-13-9-7-10-14-22)28(6)25(19(17)3)21(5)27-23-15-11-8-12-16-23;2*1-2;;;/h7-16H,6H2,1-5H3;2*1-2H3;2*1H3;/q;;;2*-1;. The van der Waals surface area contributed by atoms with Crippen LogP contribution in [0, 0.1) is 20.9 Å². The minimum Gasteiger partial charge on any atom is -0.358 e. The molecule has 3 nitrogen and oxygen atoms in total. The summed E-state index contributed by atoms with van der Waals surface area (Å²) in [5.74, 6) is 0. The van der Waals surface area contributed by atoms with Crippen molar-refractivity contribution in [2.75, 3.05) is 0 Å². The van der Waals surface area contributed by atoms with Crippen LogP contribution in [-0.2, 0) is 17.1 Å². The van der Waals surface area contributed by atoms with E-state index >= 15 is 0 Å². The molecular weight excluding hydrogens is 470 g/mol. The molecule has 0 unspecified atom stereocenters. The molecule has 1 aliphatic heterocycles. The fourth-order valence-electron chi connectivity index (χ4n) is 3.58. The molecule has 35 heavy (non-hydrogen) atoms. The Morgan fingerprint density at radius 1 is 0.714 bits per heavy atom. The summed E-state index contributed by atoms with van der Waals surface area (Å²) in [5.41, 5.74) is 8.43. The van der Waals surface area contributed by atoms with E-state index in [4.69, 9.17) is 9.98 Å². The van der Waals surface area contributed by atoms with E-state index in [1.165, 1.54) is 16.7 Å². The van der Waals surface area contributed by atoms with Crippen molar-refractivity contribution in [2.24, 2.45) is 9.98 Å². The normalized spacial score (nSPS) is 13.3. The quantitative estimate of drug-likeness (QED) is 0.168. The van der Waals surface area contributed by atoms with Crippen molar-refractivity contribution in [3.05, 3.63) is 104 Å². The van der Waals surface area contributed by atoms with Crippen LogP contribution in [0.25, 0.3) is 0 Å². The van der Waals surface area contributed by atoms with Gasteiger partial charge in [0.05, 0.1) is 29.5 Å². The average Bonchev–Trinajstić information content (AvgIpc) is 2.82. The molecule has 0 aliphatic carbocycles. The van der Waals surface area contributed by atoms with Crippen LogP contribution in [0.2, 0.25) is 0 Å². The second-order valence-electron chi connectivity index (χ2n) is 7.07. The van der Waals surface area contributed by atoms with Crippen molar-refractivity contribution in [1.29, 1.82) is 0 Å². The van der Waals surface area contributed by atoms with Crippen molar-refractivity contribution >= 4 is 29.5 Å². The maximum Gasteiger partial charge on any atom is 0.147 e. The third-order valence-electron chi connectivity index (χ3n) is 5.17. The molecule has 0 aromatic heterocycles. The molecule has 0 spiro atoms. The molecule has 0 saturated heterocycles. The number of allylic oxidation sites excluding steroid dienone is 3. The molecule has 194 valence electrons. The molecular formula is C31H45FeN3-2. The van der Waals surface area contributed by atoms with Gasteiger partial charge in [-0.25, -0.2) is 0 Å². The molecule has 0 atom stereocenters. The Hall–Kier alpha value is -2.68. The Morgan fingerprint density at radius 2 is 1.11 bits per heavy atom. The fraction of sp³-hybridized carbons (Fsp3) is 0.290. The van der Waals surface area contributed by atoms with E-state index in [-0.39, 0.29) is 31.9 Å². The van der Waals surface area contributed by atoms with Crippen molar-refractivity contribution in [2.45, 2.75) is 62.3 Å². The van der Waals surface area contributed by atoms with Gasteiger partial charge in [-0.3, -0.25) is 14.6 Å². The number of aliphatic imine (C=N–C) groups is 2. The number of rotatable bonds is 4. The molecule has 0 bridgehead atoms. The van der Waals surface area contributed by atoms with E-state index in [1.807, 2.05) is 107 Å². The summed E-state index contributed by atoms with van der Waals surface area (Å²) in [4.78, 5) is 9.64. The fourth-order valence-corrected chi connectivity index (χ4v) is 3.58. The first kappa shape index (κ1) is 36.9. The van der Waals surface area contributed by atoms with Crippen LogP contribution in [0.3, 0.4) is 0 Å². The number of benzene rings is 2. The van der Waals surface area contributed by atoms with Gasteiger partial charge in [0.2, 0.25) is 0 Å². The van der Waals surface area contributed by atoms with E-state index in [9.17, 15) is 0 Å². The van der Waals surface area contributed by atoms with Crippen LogP contribution < -0.4 is 0 Å². The number of nitrogens with zero attached hydrogens (tertiary/aromatic N) is 3. The van der Waals surface area contributed by atoms with Gasteiger partial charge >= 0.3 is 0 Å². The third kappa shape index (κ3) is 9.47. The van der Waals surface area contributed by atoms with Crippen molar-refractivity contribution in [3.8, 4) is 0 Å². The Morgan fingerprint density at radius 3 is 1.54 bits per heavy atom. The topological polar surface area (TPSA) is 27.7 Å². The average molecular weight is 516 g/mol. The summed E-state index contributed by atoms with van der Waals surface area (Å²) < 4.78 is 1.99. The minimum atomic E-state index is 0. The van der Waals surface area contributed by atoms with Gasteiger partial charge in [-0.1, -0.05) is 96.0 Å². The van der Waals surface area contributed by atoms with E-state index in [0.717, 1.165) is 34.5 Å². The summed E-state index contributed by atoms with van der Waals surface area (Å²) in [6.07, 6.45) is 0. The Kier molecular flexibility index (Phi) is 19.6. The molecule has 2 aromatic rings. The van der Waals surface area contributed by atoms with E-state index < -0.39 is 0 Å². The van der Waals surface area contributed by atoms with Gasteiger partial charge in [0, 0.05) is 17.1 Å². The maximum atomic E-state index is 4.82. The molecule has 0 fully saturated rings. The summed E-state index contributed by atoms with van der Waals surface area (Å²) in [6.45, 7) is 22.9. The molecule has 3 rings (SSSR count). The molecule has 1 heterocycles. The van der Waals surface area contributed by atoms with Gasteiger partial charge in [-0.2, -0.15) is 0 Å². The first-order valence-corrected chi connectivity index (χ1v) is 11.5. The Balaban J connectivity index is -0.00000139. The van der Waals surface area contributed by atoms with Gasteiger partial charge in [-0.15, -0.1) is 5.57 Å². The van der Waals surface area contributed by atoms with Gasteiger partial charge in [-0.05, 0) is 38.1 Å². The molecule has 4 heteroatoms. The zero-order valence-electron chi connectivity index (χ0n) is 23.7. The number of hydrogen-bond donors (Lipinski definition) is 0. The predicted octanol–water partition coefficient (Wildman–Crippen LogP) is 9.39. The largest absolute Gasteiger partial charge is 0.358 e. The summed E-state index contributed by atoms with van der Waals surface area (Å²) in [5, 5.41) is 0. The smallest absolute Gasteiger partial charge is 0.147 e. The summed E-state index contributed by atoms with van der Waals surface area (Å²) >= 11 is 0. The maximum absolute atomic E-state index is 4.82. The van der Waals surface area contributed by atoms with Gasteiger partial charge in [0.15, 0.2) is 0 Å². The van der Waals surface area contributed by atoms with Crippen LogP contribution in [0.15, 0.2) is 93.1 Å². The summed E-state index contributed by atoms with van der Waals surface area (Å²) in [6, 6.07) is 21.1. The second kappa shape index (κ2) is 18.6. The molecule has 1 aliphatic rings. The van der Waals surface area contributed by atoms with Crippen LogP contribution >= 0.6 is 0 Å². The van der Waals surface area contributed by atoms with Crippen LogP contribution in [0.1, 0.15) is 62.3 Å². The first-order chi connectivity index (χ1) is 15.4. The first-order valence-electron chi connectivity index (χ1n) is 11.5. The van der Waals surface area contributed by atoms with Gasteiger partial charge in [0.25, 0.3) is 0 Å². The number of para-hydroxylation sites is 2. The van der Waals surface area contributed by atoms with Crippen molar-refractivity contribution in [3.63, 3.8) is 0 Å². The minimum absolute atomic E-state index is 0. The van der Waals surface area contributed by atoms with Crippen molar-refractivity contribution in [1.82, 2.24) is 0 Å². The third-order valence-corrected chi connectivity index (χ3v) is 5.17. The predicted molar refractivity (Wildman–Crippen MR) is 156 cm³/mol. The van der Waals surface area contributed by atoms with E-state index in [1.54, 1.807) is 0 Å². The second-order valence-corrected chi connectivity index (χ2v) is 7.07. The van der Waals surface area contributed by atoms with Gasteiger partial charge < -0.3 is 14.9 Å². The Labute approximate surface area is 227 Å². The molecule has 0 saturated carbocycles. The van der Waals surface area contributed by atoms with Crippen LogP contribution in [0.5, 0.6) is 0 Å². The molecule has 2 aromatic carbocycles. The van der Waals surface area contributed by atoms with E-state index in [2.05, 4.69) is 27.5 Å². The number of hydrogen-bond acceptors (Lipinski definition) is 2. The Bertz CT molecular complexity index is 1010. The summed E-state index contributed by atoms with van der Waals surface area (Å²) in [7, 11) is 0. The van der Waals surface area contributed by atoms with Crippen LogP contribution in [0.4, 0.5) is 11.4 Å². The monoisotopic (exact) mass is 515 g/mol. The van der Waals surface area contributed by atoms with Crippen LogP contribution in [-0.4, -0.2) is 22.7 Å². The van der Waals surface area contributed by atoms with Crippen molar-refractivity contribution < 1.29 is 21.6 Å².